The quantitative estimate of drug-likeness (QED) is 0.821. The fourth-order valence-corrected chi connectivity index (χ4v) is 4.23. The highest BCUT2D eigenvalue weighted by Gasteiger charge is 2.38. The van der Waals surface area contributed by atoms with E-state index in [9.17, 15) is 18.0 Å². The summed E-state index contributed by atoms with van der Waals surface area (Å²) in [5, 5.41) is 0. The maximum atomic E-state index is 12.9. The Morgan fingerprint density at radius 3 is 2.65 bits per heavy atom. The molecule has 1 N–H and O–H groups in total. The number of hydrogen-bond acceptors (Lipinski definition) is 4. The number of amides is 2. The lowest BCUT2D eigenvalue weighted by Gasteiger charge is -2.34. The lowest BCUT2D eigenvalue weighted by molar-refractivity contribution is -0.137. The van der Waals surface area contributed by atoms with Crippen molar-refractivity contribution >= 4 is 27.5 Å². The van der Waals surface area contributed by atoms with Crippen LogP contribution in [-0.2, 0) is 19.6 Å². The van der Waals surface area contributed by atoms with Gasteiger partial charge >= 0.3 is 0 Å². The van der Waals surface area contributed by atoms with Crippen LogP contribution in [0.4, 0.5) is 5.69 Å². The molecule has 2 aliphatic heterocycles. The highest BCUT2D eigenvalue weighted by atomic mass is 32.2. The third kappa shape index (κ3) is 4.62. The van der Waals surface area contributed by atoms with Crippen molar-refractivity contribution in [2.24, 2.45) is 11.8 Å². The van der Waals surface area contributed by atoms with E-state index in [0.717, 1.165) is 24.8 Å². The number of carbonyl (C=O) groups is 2. The van der Waals surface area contributed by atoms with Gasteiger partial charge in [-0.2, -0.15) is 0 Å². The molecular weight excluding hydrogens is 354 g/mol. The summed E-state index contributed by atoms with van der Waals surface area (Å²) in [5.74, 6) is -0.239. The van der Waals surface area contributed by atoms with Crippen LogP contribution in [0.15, 0.2) is 30.3 Å². The highest BCUT2D eigenvalue weighted by molar-refractivity contribution is 7.88. The van der Waals surface area contributed by atoms with Crippen LogP contribution in [0.1, 0.15) is 19.3 Å². The molecule has 2 atom stereocenters. The molecule has 1 aromatic rings. The van der Waals surface area contributed by atoms with Gasteiger partial charge in [0.1, 0.15) is 0 Å². The molecule has 8 heteroatoms. The van der Waals surface area contributed by atoms with Gasteiger partial charge in [-0.3, -0.25) is 9.59 Å². The average Bonchev–Trinajstić information content (AvgIpc) is 3.01. The van der Waals surface area contributed by atoms with Gasteiger partial charge in [0.2, 0.25) is 21.8 Å². The summed E-state index contributed by atoms with van der Waals surface area (Å²) in [6.07, 6.45) is 3.12. The summed E-state index contributed by atoms with van der Waals surface area (Å²) in [5.41, 5.74) is 0.821. The molecule has 3 rings (SSSR count). The molecule has 1 aromatic carbocycles. The fraction of sp³-hybridized carbons (Fsp3) is 0.556. The van der Waals surface area contributed by atoms with Gasteiger partial charge in [0.15, 0.2) is 0 Å². The molecule has 2 fully saturated rings. The summed E-state index contributed by atoms with van der Waals surface area (Å²) >= 11 is 0. The van der Waals surface area contributed by atoms with Crippen molar-refractivity contribution in [1.29, 1.82) is 0 Å². The number of likely N-dealkylation sites (tertiary alicyclic amines) is 1. The molecule has 0 unspecified atom stereocenters. The van der Waals surface area contributed by atoms with E-state index in [2.05, 4.69) is 4.72 Å². The summed E-state index contributed by atoms with van der Waals surface area (Å²) in [6, 6.07) is 9.39. The first-order valence-electron chi connectivity index (χ1n) is 8.92. The Morgan fingerprint density at radius 1 is 1.23 bits per heavy atom. The zero-order valence-electron chi connectivity index (χ0n) is 14.9. The summed E-state index contributed by atoms with van der Waals surface area (Å²) < 4.78 is 25.1. The maximum Gasteiger partial charge on any atom is 0.228 e. The van der Waals surface area contributed by atoms with E-state index in [1.54, 1.807) is 9.80 Å². The van der Waals surface area contributed by atoms with Crippen LogP contribution in [0.2, 0.25) is 0 Å². The van der Waals surface area contributed by atoms with Crippen LogP contribution in [0, 0.1) is 11.8 Å². The number of hydrogen-bond donors (Lipinski definition) is 1. The van der Waals surface area contributed by atoms with Crippen molar-refractivity contribution < 1.29 is 18.0 Å². The lowest BCUT2D eigenvalue weighted by Crippen LogP contribution is -2.46. The van der Waals surface area contributed by atoms with E-state index < -0.39 is 10.0 Å². The third-order valence-corrected chi connectivity index (χ3v) is 5.70. The van der Waals surface area contributed by atoms with Crippen molar-refractivity contribution in [3.63, 3.8) is 0 Å². The molecule has 0 aliphatic carbocycles. The molecule has 2 amide bonds. The van der Waals surface area contributed by atoms with Gasteiger partial charge in [0.05, 0.1) is 12.2 Å². The first-order valence-corrected chi connectivity index (χ1v) is 10.8. The van der Waals surface area contributed by atoms with Crippen LogP contribution in [-0.4, -0.2) is 57.6 Å². The molecule has 0 radical (unpaired) electrons. The van der Waals surface area contributed by atoms with Crippen molar-refractivity contribution in [1.82, 2.24) is 9.62 Å². The predicted octanol–water partition coefficient (Wildman–Crippen LogP) is 0.827. The molecule has 142 valence electrons. The van der Waals surface area contributed by atoms with Crippen molar-refractivity contribution in [2.75, 3.05) is 37.3 Å². The van der Waals surface area contributed by atoms with E-state index in [1.807, 2.05) is 30.3 Å². The van der Waals surface area contributed by atoms with Gasteiger partial charge in [-0.25, -0.2) is 13.1 Å². The monoisotopic (exact) mass is 379 g/mol. The van der Waals surface area contributed by atoms with Crippen LogP contribution in [0.5, 0.6) is 0 Å². The standard InChI is InChI=1S/C18H25N3O4S/c1-26(24,25)19-11-14-6-5-9-20(12-14)18(23)15-10-17(22)21(13-15)16-7-3-2-4-8-16/h2-4,7-8,14-15,19H,5-6,9-13H2,1H3/t14-,15-/m0/s1. The molecule has 0 aromatic heterocycles. The van der Waals surface area contributed by atoms with Crippen LogP contribution < -0.4 is 9.62 Å². The number of carbonyl (C=O) groups excluding carboxylic acids is 2. The Hall–Kier alpha value is -1.93. The number of anilines is 1. The van der Waals surface area contributed by atoms with Gasteiger partial charge in [-0.15, -0.1) is 0 Å². The summed E-state index contributed by atoms with van der Waals surface area (Å²) in [6.45, 7) is 1.97. The largest absolute Gasteiger partial charge is 0.342 e. The van der Waals surface area contributed by atoms with Gasteiger partial charge in [-0.1, -0.05) is 18.2 Å². The Bertz CT molecular complexity index is 766. The third-order valence-electron chi connectivity index (χ3n) is 5.01. The molecule has 0 spiro atoms. The molecule has 2 heterocycles. The molecule has 2 saturated heterocycles. The molecule has 0 bridgehead atoms. The number of sulfonamides is 1. The Kier molecular flexibility index (Phi) is 5.62. The fourth-order valence-electron chi connectivity index (χ4n) is 3.69. The molecular formula is C18H25N3O4S. The minimum atomic E-state index is -3.23. The number of benzene rings is 1. The van der Waals surface area contributed by atoms with Crippen LogP contribution in [0.3, 0.4) is 0 Å². The van der Waals surface area contributed by atoms with Crippen LogP contribution in [0.25, 0.3) is 0 Å². The second-order valence-electron chi connectivity index (χ2n) is 7.15. The second-order valence-corrected chi connectivity index (χ2v) is 8.99. The van der Waals surface area contributed by atoms with Gasteiger partial charge in [0, 0.05) is 38.3 Å². The number of rotatable bonds is 5. The Balaban J connectivity index is 1.59. The number of nitrogens with zero attached hydrogens (tertiary/aromatic N) is 2. The smallest absolute Gasteiger partial charge is 0.228 e. The van der Waals surface area contributed by atoms with E-state index in [1.165, 1.54) is 0 Å². The topological polar surface area (TPSA) is 86.8 Å². The predicted molar refractivity (Wildman–Crippen MR) is 99.1 cm³/mol. The van der Waals surface area contributed by atoms with E-state index in [0.29, 0.717) is 26.2 Å². The lowest BCUT2D eigenvalue weighted by atomic mass is 9.96. The SMILES string of the molecule is CS(=O)(=O)NC[C@@H]1CCCN(C(=O)[C@H]2CC(=O)N(c3ccccc3)C2)C1. The number of para-hydroxylation sites is 1. The zero-order chi connectivity index (χ0) is 18.7. The zero-order valence-corrected chi connectivity index (χ0v) is 15.7. The minimum absolute atomic E-state index is 0.000775. The average molecular weight is 379 g/mol. The molecule has 2 aliphatic rings. The van der Waals surface area contributed by atoms with Gasteiger partial charge in [-0.05, 0) is 30.9 Å². The second kappa shape index (κ2) is 7.75. The summed E-state index contributed by atoms with van der Waals surface area (Å²) in [4.78, 5) is 28.7. The maximum absolute atomic E-state index is 12.9. The van der Waals surface area contributed by atoms with Crippen LogP contribution >= 0.6 is 0 Å². The van der Waals surface area contributed by atoms with E-state index >= 15 is 0 Å². The normalized spacial score (nSPS) is 24.1. The number of piperidine rings is 1. The van der Waals surface area contributed by atoms with Gasteiger partial charge in [0.25, 0.3) is 0 Å². The minimum Gasteiger partial charge on any atom is -0.342 e. The molecule has 26 heavy (non-hydrogen) atoms. The Morgan fingerprint density at radius 2 is 1.96 bits per heavy atom. The first-order chi connectivity index (χ1) is 12.3. The van der Waals surface area contributed by atoms with Gasteiger partial charge < -0.3 is 9.80 Å². The van der Waals surface area contributed by atoms with E-state index in [4.69, 9.17) is 0 Å². The first kappa shape index (κ1) is 18.8. The number of nitrogens with one attached hydrogen (secondary N) is 1. The van der Waals surface area contributed by atoms with Crippen molar-refractivity contribution in [2.45, 2.75) is 19.3 Å². The highest BCUT2D eigenvalue weighted by Crippen LogP contribution is 2.27. The molecule has 0 saturated carbocycles. The van der Waals surface area contributed by atoms with Crippen molar-refractivity contribution in [3.8, 4) is 0 Å². The molecule has 7 nitrogen and oxygen atoms in total. The Labute approximate surface area is 154 Å². The van der Waals surface area contributed by atoms with E-state index in [-0.39, 0.29) is 30.1 Å². The van der Waals surface area contributed by atoms with Crippen molar-refractivity contribution in [3.05, 3.63) is 30.3 Å². The summed E-state index contributed by atoms with van der Waals surface area (Å²) in [7, 11) is -3.23.